The summed E-state index contributed by atoms with van der Waals surface area (Å²) >= 11 is 0. The molecule has 122 valence electrons. The Bertz CT molecular complexity index is 482. The van der Waals surface area contributed by atoms with E-state index in [9.17, 15) is 0 Å². The van der Waals surface area contributed by atoms with Crippen LogP contribution in [-0.2, 0) is 9.47 Å². The smallest absolute Gasteiger partial charge is 0.185 e. The second-order valence-electron chi connectivity index (χ2n) is 6.68. The summed E-state index contributed by atoms with van der Waals surface area (Å²) in [5.41, 5.74) is 3.04. The molecule has 0 spiro atoms. The Morgan fingerprint density at radius 3 is 2.05 bits per heavy atom. The Labute approximate surface area is 136 Å². The lowest BCUT2D eigenvalue weighted by Crippen LogP contribution is -2.20. The van der Waals surface area contributed by atoms with Gasteiger partial charge in [0.1, 0.15) is 0 Å². The fourth-order valence-corrected chi connectivity index (χ4v) is 7.63. The van der Waals surface area contributed by atoms with Gasteiger partial charge in [-0.3, -0.25) is 0 Å². The maximum Gasteiger partial charge on any atom is 0.185 e. The molecule has 2 saturated heterocycles. The van der Waals surface area contributed by atoms with Gasteiger partial charge in [-0.1, -0.05) is 46.0 Å². The van der Waals surface area contributed by atoms with Gasteiger partial charge in [-0.15, -0.1) is 0 Å². The van der Waals surface area contributed by atoms with Crippen LogP contribution in [-0.4, -0.2) is 23.5 Å². The van der Waals surface area contributed by atoms with Gasteiger partial charge in [0.15, 0.2) is 6.29 Å². The van der Waals surface area contributed by atoms with E-state index in [1.807, 2.05) is 0 Å². The van der Waals surface area contributed by atoms with Crippen molar-refractivity contribution in [2.24, 2.45) is 0 Å². The largest absolute Gasteiger partial charge is 0.343 e. The van der Waals surface area contributed by atoms with Crippen LogP contribution in [0.2, 0.25) is 0 Å². The second-order valence-corrected chi connectivity index (χ2v) is 9.44. The predicted molar refractivity (Wildman–Crippen MR) is 94.2 cm³/mol. The molecule has 2 aliphatic heterocycles. The molecule has 1 aromatic carbocycles. The van der Waals surface area contributed by atoms with Crippen LogP contribution in [0.25, 0.3) is 0 Å². The van der Waals surface area contributed by atoms with E-state index >= 15 is 0 Å². The molecule has 0 saturated carbocycles. The fourth-order valence-electron chi connectivity index (χ4n) is 3.87. The molecular weight excluding hydrogens is 291 g/mol. The summed E-state index contributed by atoms with van der Waals surface area (Å²) in [6, 6.07) is 8.90. The fraction of sp³-hybridized carbons (Fsp3) is 0.684. The topological polar surface area (TPSA) is 18.5 Å². The third-order valence-corrected chi connectivity index (χ3v) is 9.15. The molecule has 0 aliphatic carbocycles. The quantitative estimate of drug-likeness (QED) is 0.729. The molecule has 3 heteroatoms. The van der Waals surface area contributed by atoms with Crippen LogP contribution < -0.4 is 5.30 Å². The van der Waals surface area contributed by atoms with E-state index in [0.717, 1.165) is 11.3 Å². The first-order chi connectivity index (χ1) is 10.7. The van der Waals surface area contributed by atoms with Gasteiger partial charge < -0.3 is 9.47 Å². The van der Waals surface area contributed by atoms with E-state index in [1.54, 1.807) is 5.30 Å². The molecule has 0 radical (unpaired) electrons. The first kappa shape index (κ1) is 16.4. The van der Waals surface area contributed by atoms with Gasteiger partial charge in [0.2, 0.25) is 0 Å². The van der Waals surface area contributed by atoms with Crippen molar-refractivity contribution in [1.82, 2.24) is 0 Å². The van der Waals surface area contributed by atoms with Crippen molar-refractivity contribution in [3.63, 3.8) is 0 Å². The van der Waals surface area contributed by atoms with Crippen LogP contribution in [0, 0.1) is 0 Å². The molecule has 0 aromatic heterocycles. The van der Waals surface area contributed by atoms with E-state index in [4.69, 9.17) is 9.47 Å². The monoisotopic (exact) mass is 320 g/mol. The Morgan fingerprint density at radius 2 is 1.50 bits per heavy atom. The molecule has 2 heterocycles. The number of hydrogen-bond acceptors (Lipinski definition) is 2. The minimum Gasteiger partial charge on any atom is -0.343 e. The third kappa shape index (κ3) is 2.98. The normalized spacial score (nSPS) is 33.6. The average molecular weight is 320 g/mol. The zero-order valence-corrected chi connectivity index (χ0v) is 15.2. The number of hydrogen-bond donors (Lipinski definition) is 0. The van der Waals surface area contributed by atoms with Crippen LogP contribution in [0.5, 0.6) is 0 Å². The summed E-state index contributed by atoms with van der Waals surface area (Å²) in [5, 5.41) is 1.54. The van der Waals surface area contributed by atoms with Gasteiger partial charge in [-0.25, -0.2) is 0 Å². The van der Waals surface area contributed by atoms with E-state index in [2.05, 4.69) is 52.0 Å². The molecular formula is C19H29O2P. The van der Waals surface area contributed by atoms with Gasteiger partial charge in [-0.2, -0.15) is 0 Å². The maximum absolute atomic E-state index is 6.09. The van der Waals surface area contributed by atoms with Gasteiger partial charge >= 0.3 is 0 Å². The first-order valence-electron chi connectivity index (χ1n) is 8.83. The van der Waals surface area contributed by atoms with Crippen LogP contribution in [0.3, 0.4) is 0 Å². The van der Waals surface area contributed by atoms with Gasteiger partial charge in [0.05, 0.1) is 12.2 Å². The lowest BCUT2D eigenvalue weighted by Gasteiger charge is -2.28. The Morgan fingerprint density at radius 1 is 0.955 bits per heavy atom. The van der Waals surface area contributed by atoms with Crippen molar-refractivity contribution in [3.05, 3.63) is 29.8 Å². The summed E-state index contributed by atoms with van der Waals surface area (Å²) in [4.78, 5) is 0. The maximum atomic E-state index is 6.09. The Kier molecular flexibility index (Phi) is 5.22. The molecule has 3 rings (SSSR count). The second kappa shape index (κ2) is 6.99. The molecule has 22 heavy (non-hydrogen) atoms. The molecule has 0 bridgehead atoms. The van der Waals surface area contributed by atoms with Gasteiger partial charge in [-0.05, 0) is 56.2 Å². The zero-order valence-electron chi connectivity index (χ0n) is 14.3. The number of ether oxygens (including phenoxy) is 2. The minimum absolute atomic E-state index is 0.0927. The summed E-state index contributed by atoms with van der Waals surface area (Å²) in [6.45, 7) is 8.93. The summed E-state index contributed by atoms with van der Waals surface area (Å²) in [7, 11) is -0.0927. The van der Waals surface area contributed by atoms with E-state index in [-0.39, 0.29) is 26.4 Å². The highest BCUT2D eigenvalue weighted by atomic mass is 31.1. The summed E-state index contributed by atoms with van der Waals surface area (Å²) in [6.07, 6.45) is 5.59. The van der Waals surface area contributed by atoms with Gasteiger partial charge in [0.25, 0.3) is 0 Å². The zero-order chi connectivity index (χ0) is 15.7. The van der Waals surface area contributed by atoms with Crippen molar-refractivity contribution >= 4 is 13.2 Å². The van der Waals surface area contributed by atoms with Crippen molar-refractivity contribution in [3.8, 4) is 0 Å². The highest BCUT2D eigenvalue weighted by Gasteiger charge is 2.38. The van der Waals surface area contributed by atoms with Crippen LogP contribution in [0.4, 0.5) is 0 Å². The minimum atomic E-state index is -0.167. The lowest BCUT2D eigenvalue weighted by molar-refractivity contribution is -0.0645. The highest BCUT2D eigenvalue weighted by Crippen LogP contribution is 2.58. The van der Waals surface area contributed by atoms with Crippen molar-refractivity contribution in [2.75, 3.05) is 0 Å². The SMILES string of the molecule is CC[C@H]1CC[C@H](CC)P1c1ccccc1C1O[C@H](C)[C@@H](C)O1. The van der Waals surface area contributed by atoms with Gasteiger partial charge in [0, 0.05) is 5.56 Å². The molecule has 0 N–H and O–H groups in total. The highest BCUT2D eigenvalue weighted by molar-refractivity contribution is 7.67. The van der Waals surface area contributed by atoms with Crippen LogP contribution in [0.15, 0.2) is 24.3 Å². The Hall–Kier alpha value is -0.430. The van der Waals surface area contributed by atoms with Crippen LogP contribution >= 0.6 is 7.92 Å². The van der Waals surface area contributed by atoms with Crippen LogP contribution in [0.1, 0.15) is 65.2 Å². The predicted octanol–water partition coefficient (Wildman–Crippen LogP) is 4.97. The van der Waals surface area contributed by atoms with E-state index in [0.29, 0.717) is 0 Å². The Balaban J connectivity index is 1.94. The first-order valence-corrected chi connectivity index (χ1v) is 10.3. The molecule has 2 nitrogen and oxygen atoms in total. The van der Waals surface area contributed by atoms with E-state index in [1.165, 1.54) is 31.2 Å². The molecule has 2 aliphatic rings. The molecule has 4 atom stereocenters. The number of benzene rings is 1. The van der Waals surface area contributed by atoms with Crippen molar-refractivity contribution < 1.29 is 9.47 Å². The summed E-state index contributed by atoms with van der Waals surface area (Å²) in [5.74, 6) is 0. The standard InChI is InChI=1S/C19H29O2P/c1-5-15-11-12-16(6-2)22(15)18-10-8-7-9-17(18)19-20-13(3)14(4)21-19/h7-10,13-16,19H,5-6,11-12H2,1-4H3/t13-,14-,15+,16+/m1/s1. The average Bonchev–Trinajstić information content (AvgIpc) is 3.10. The molecule has 0 amide bonds. The van der Waals surface area contributed by atoms with Crippen molar-refractivity contribution in [1.29, 1.82) is 0 Å². The number of rotatable bonds is 4. The van der Waals surface area contributed by atoms with Crippen molar-refractivity contribution in [2.45, 2.75) is 83.2 Å². The molecule has 1 aromatic rings. The van der Waals surface area contributed by atoms with E-state index < -0.39 is 0 Å². The molecule has 0 unspecified atom stereocenters. The lowest BCUT2D eigenvalue weighted by atomic mass is 10.1. The molecule has 2 fully saturated rings. The third-order valence-electron chi connectivity index (χ3n) is 5.37. The summed E-state index contributed by atoms with van der Waals surface area (Å²) < 4.78 is 12.2.